The summed E-state index contributed by atoms with van der Waals surface area (Å²) in [6.45, 7) is 24.4. The van der Waals surface area contributed by atoms with E-state index in [0.717, 1.165) is 109 Å². The van der Waals surface area contributed by atoms with Gasteiger partial charge in [0.2, 0.25) is 29.3 Å². The van der Waals surface area contributed by atoms with Crippen LogP contribution in [0.4, 0.5) is 0 Å². The number of fused-ring (bicyclic) bond motifs is 6. The third-order valence-corrected chi connectivity index (χ3v) is 20.9. The standard InChI is InChI=1S/C41H64N2O6.C27H42N2O4.CH2O2/c1-7-8-20-33(45)38(48)28-18-14-12-10-9-11-13-15-19-29(39(49)43-27-32-36(41(32,5)6)37(43)34(46)24-28)23-31(44)25-30(40(2,3)4)26-42-22-17-16-21-35(42)47;1-4-5-15-21(30)25(32)18-13-11-9-7-6-8-10-12-14-20(28)26(33)29-17-19-23(27(19,2)3)24(29)22(31)16-18;2-1-3/h7,28-30,32,36-37H,1,8-27H2,2-6H3;4,18-20,23-24H,1,5-17,28H2,2-3H3;1H,(H,2,3)/t28-,29-,30-,32+,36+,37-;18-,19+,20+,23+,24-;/m11./s1. The summed E-state index contributed by atoms with van der Waals surface area (Å²) in [5.74, 6) is -3.04. The summed E-state index contributed by atoms with van der Waals surface area (Å²) >= 11 is 0. The summed E-state index contributed by atoms with van der Waals surface area (Å²) in [6, 6.07) is -1.72. The number of nitrogens with two attached hydrogens (primary N) is 1. The van der Waals surface area contributed by atoms with E-state index < -0.39 is 59.0 Å². The molecule has 2 saturated carbocycles. The summed E-state index contributed by atoms with van der Waals surface area (Å²) in [5.41, 5.74) is 6.02. The molecular formula is C69H108N4O12. The molecule has 7 rings (SSSR count). The monoisotopic (exact) mass is 1180 g/mol. The Morgan fingerprint density at radius 2 is 1.04 bits per heavy atom. The fourth-order valence-electron chi connectivity index (χ4n) is 15.1. The van der Waals surface area contributed by atoms with E-state index >= 15 is 0 Å². The van der Waals surface area contributed by atoms with E-state index in [0.29, 0.717) is 76.9 Å². The number of amides is 3. The van der Waals surface area contributed by atoms with Crippen molar-refractivity contribution in [3.05, 3.63) is 25.3 Å². The second-order valence-electron chi connectivity index (χ2n) is 28.6. The molecule has 16 nitrogen and oxygen atoms in total. The highest BCUT2D eigenvalue weighted by Crippen LogP contribution is 2.66. The molecule has 3 N–H and O–H groups in total. The Hall–Kier alpha value is -4.99. The van der Waals surface area contributed by atoms with Gasteiger partial charge >= 0.3 is 0 Å². The van der Waals surface area contributed by atoms with Gasteiger partial charge in [-0.15, -0.1) is 13.2 Å². The van der Waals surface area contributed by atoms with Crippen LogP contribution in [0, 0.1) is 63.6 Å². The van der Waals surface area contributed by atoms with Crippen molar-refractivity contribution >= 4 is 64.7 Å². The van der Waals surface area contributed by atoms with Crippen LogP contribution in [0.3, 0.4) is 0 Å². The Morgan fingerprint density at radius 3 is 1.46 bits per heavy atom. The summed E-state index contributed by atoms with van der Waals surface area (Å²) in [4.78, 5) is 147. The van der Waals surface area contributed by atoms with E-state index in [-0.39, 0.29) is 114 Å². The van der Waals surface area contributed by atoms with Crippen molar-refractivity contribution in [2.24, 2.45) is 69.3 Å². The summed E-state index contributed by atoms with van der Waals surface area (Å²) < 4.78 is 0. The molecule has 5 heterocycles. The maximum atomic E-state index is 14.5. The van der Waals surface area contributed by atoms with Gasteiger partial charge in [-0.1, -0.05) is 151 Å². The van der Waals surface area contributed by atoms with Gasteiger partial charge in [0.15, 0.2) is 23.1 Å². The zero-order valence-corrected chi connectivity index (χ0v) is 53.2. The number of allylic oxidation sites excluding steroid dienone is 2. The molecule has 0 aromatic rings. The highest BCUT2D eigenvalue weighted by Gasteiger charge is 2.70. The maximum absolute atomic E-state index is 14.5. The first kappa shape index (κ1) is 70.8. The molecule has 7 aliphatic rings. The Balaban J connectivity index is 0.000000318. The van der Waals surface area contributed by atoms with Gasteiger partial charge in [-0.25, -0.2) is 0 Å². The lowest BCUT2D eigenvalue weighted by molar-refractivity contribution is -0.145. The van der Waals surface area contributed by atoms with E-state index in [2.05, 4.69) is 61.6 Å². The van der Waals surface area contributed by atoms with Gasteiger partial charge in [0, 0.05) is 88.9 Å². The van der Waals surface area contributed by atoms with Gasteiger partial charge in [0.25, 0.3) is 6.47 Å². The number of ketones is 7. The van der Waals surface area contributed by atoms with Crippen molar-refractivity contribution in [3.8, 4) is 0 Å². The smallest absolute Gasteiger partial charge is 0.290 e. The Kier molecular flexibility index (Phi) is 27.3. The van der Waals surface area contributed by atoms with Crippen LogP contribution in [0.2, 0.25) is 0 Å². The SMILES string of the molecule is C=CCCC(=O)C(=O)[C@@H]1CCCCCCCCC[C@H](CC(=O)C[C@H](CN2CCCCC2=O)C(C)(C)C)C(=O)N2C[C@H]3[C@@H]([C@H]2C(=O)C1)C3(C)C.C=CCCC(=O)C(=O)[C@@H]1CCCCCCCCC[C@H](N)C(=O)N2C[C@H]3[C@@H]([C@H]2C(=O)C1)C3(C)C.O=CO. The predicted octanol–water partition coefficient (Wildman–Crippen LogP) is 11.0. The topological polar surface area (TPSA) is 244 Å². The number of nitrogens with zero attached hydrogens (tertiary/aromatic N) is 3. The molecule has 0 bridgehead atoms. The summed E-state index contributed by atoms with van der Waals surface area (Å²) in [7, 11) is 0. The van der Waals surface area contributed by atoms with Gasteiger partial charge in [0.05, 0.1) is 18.1 Å². The molecule has 85 heavy (non-hydrogen) atoms. The molecule has 2 aliphatic carbocycles. The number of hydrogen-bond acceptors (Lipinski definition) is 12. The minimum Gasteiger partial charge on any atom is -0.483 e. The van der Waals surface area contributed by atoms with E-state index in [1.54, 1.807) is 22.0 Å². The molecule has 0 radical (unpaired) electrons. The molecule has 0 unspecified atom stereocenters. The molecule has 11 atom stereocenters. The second-order valence-corrected chi connectivity index (χ2v) is 28.6. The van der Waals surface area contributed by atoms with E-state index in [1.807, 2.05) is 4.90 Å². The first-order chi connectivity index (χ1) is 40.3. The lowest BCUT2D eigenvalue weighted by atomic mass is 9.76. The van der Waals surface area contributed by atoms with Crippen LogP contribution < -0.4 is 5.73 Å². The largest absolute Gasteiger partial charge is 0.483 e. The third-order valence-electron chi connectivity index (χ3n) is 20.9. The van der Waals surface area contributed by atoms with Gasteiger partial charge in [-0.05, 0) is 97.2 Å². The third kappa shape index (κ3) is 19.3. The van der Waals surface area contributed by atoms with Crippen molar-refractivity contribution in [2.75, 3.05) is 26.2 Å². The fourth-order valence-corrected chi connectivity index (χ4v) is 15.1. The molecular weight excluding hydrogens is 1080 g/mol. The van der Waals surface area contributed by atoms with Crippen LogP contribution in [-0.4, -0.2) is 129 Å². The molecule has 16 heteroatoms. The van der Waals surface area contributed by atoms with Crippen molar-refractivity contribution in [2.45, 2.75) is 253 Å². The second kappa shape index (κ2) is 32.8. The predicted molar refractivity (Wildman–Crippen MR) is 329 cm³/mol. The number of hydrogen-bond donors (Lipinski definition) is 2. The van der Waals surface area contributed by atoms with Gasteiger partial charge < -0.3 is 25.5 Å². The fraction of sp³-hybridized carbons (Fsp3) is 0.783. The number of carboxylic acid groups (broad SMARTS) is 1. The molecule has 476 valence electrons. The molecule has 5 aliphatic heterocycles. The number of likely N-dealkylation sites (tertiary alicyclic amines) is 1. The quantitative estimate of drug-likeness (QED) is 0.0831. The van der Waals surface area contributed by atoms with Gasteiger partial charge in [-0.3, -0.25) is 52.7 Å². The van der Waals surface area contributed by atoms with Crippen LogP contribution in [0.25, 0.3) is 0 Å². The molecule has 7 fully saturated rings. The molecule has 3 amide bonds. The normalized spacial score (nSPS) is 29.8. The Labute approximate surface area is 508 Å². The van der Waals surface area contributed by atoms with E-state index in [9.17, 15) is 47.9 Å². The van der Waals surface area contributed by atoms with Crippen LogP contribution in [0.15, 0.2) is 25.3 Å². The Morgan fingerprint density at radius 1 is 0.624 bits per heavy atom. The minimum absolute atomic E-state index is 0.0124. The average molecular weight is 1190 g/mol. The zero-order valence-electron chi connectivity index (χ0n) is 53.2. The lowest BCUT2D eigenvalue weighted by Crippen LogP contribution is -2.52. The minimum atomic E-state index is -0.658. The highest BCUT2D eigenvalue weighted by atomic mass is 16.3. The van der Waals surface area contributed by atoms with Crippen LogP contribution in [0.5, 0.6) is 0 Å². The van der Waals surface area contributed by atoms with Gasteiger partial charge in [-0.2, -0.15) is 0 Å². The zero-order chi connectivity index (χ0) is 62.8. The van der Waals surface area contributed by atoms with Crippen LogP contribution >= 0.6 is 0 Å². The number of carbonyl (C=O) groups excluding carboxylic acids is 10. The first-order valence-corrected chi connectivity index (χ1v) is 32.9. The molecule has 0 aromatic heterocycles. The Bertz CT molecular complexity index is 2390. The number of Topliss-reactive ketones (excluding diaryl/α,β-unsaturated/α-hetero) is 7. The average Bonchev–Trinajstić information content (AvgIpc) is 1.55. The van der Waals surface area contributed by atoms with Crippen LogP contribution in [0.1, 0.15) is 235 Å². The first-order valence-electron chi connectivity index (χ1n) is 32.9. The number of carbonyl (C=O) groups is 11. The van der Waals surface area contributed by atoms with E-state index in [4.69, 9.17) is 15.6 Å². The highest BCUT2D eigenvalue weighted by molar-refractivity contribution is 6.38. The molecule has 5 saturated heterocycles. The molecule has 0 aromatic carbocycles. The van der Waals surface area contributed by atoms with Crippen molar-refractivity contribution in [1.82, 2.24) is 14.7 Å². The van der Waals surface area contributed by atoms with Crippen molar-refractivity contribution in [3.63, 3.8) is 0 Å². The van der Waals surface area contributed by atoms with Crippen molar-refractivity contribution in [1.29, 1.82) is 0 Å². The maximum Gasteiger partial charge on any atom is 0.290 e. The number of rotatable bonds is 16. The van der Waals surface area contributed by atoms with Gasteiger partial charge in [0.1, 0.15) is 5.78 Å². The summed E-state index contributed by atoms with van der Waals surface area (Å²) in [5, 5.41) is 6.89. The molecule has 0 spiro atoms. The van der Waals surface area contributed by atoms with Crippen LogP contribution in [-0.2, 0) is 52.7 Å². The summed E-state index contributed by atoms with van der Waals surface area (Å²) in [6.07, 6.45) is 23.6. The van der Waals surface area contributed by atoms with Crippen molar-refractivity contribution < 1.29 is 57.8 Å². The number of piperidine rings is 3. The van der Waals surface area contributed by atoms with E-state index in [1.165, 1.54) is 0 Å². The lowest BCUT2D eigenvalue weighted by Gasteiger charge is -2.37.